The molecule has 0 spiro atoms. The Labute approximate surface area is 230 Å². The summed E-state index contributed by atoms with van der Waals surface area (Å²) < 4.78 is 30.4. The van der Waals surface area contributed by atoms with Crippen LogP contribution >= 0.6 is 0 Å². The van der Waals surface area contributed by atoms with Gasteiger partial charge in [-0.1, -0.05) is 30.3 Å². The molecule has 1 saturated carbocycles. The van der Waals surface area contributed by atoms with E-state index in [1.165, 1.54) is 6.07 Å². The van der Waals surface area contributed by atoms with Gasteiger partial charge in [0.1, 0.15) is 11.5 Å². The van der Waals surface area contributed by atoms with Gasteiger partial charge >= 0.3 is 6.03 Å². The van der Waals surface area contributed by atoms with Crippen molar-refractivity contribution in [3.63, 3.8) is 0 Å². The first-order chi connectivity index (χ1) is 19.5. The van der Waals surface area contributed by atoms with Gasteiger partial charge in [0.05, 0.1) is 18.5 Å². The molecule has 2 aliphatic rings. The fourth-order valence-corrected chi connectivity index (χ4v) is 5.82. The normalized spacial score (nSPS) is 19.0. The summed E-state index contributed by atoms with van der Waals surface area (Å²) in [4.78, 5) is 30.0. The lowest BCUT2D eigenvalue weighted by atomic mass is 9.91. The third kappa shape index (κ3) is 4.95. The first-order valence-corrected chi connectivity index (χ1v) is 13.6. The maximum Gasteiger partial charge on any atom is 0.317 e. The molecular weight excluding hydrogens is 512 g/mol. The van der Waals surface area contributed by atoms with Crippen molar-refractivity contribution in [2.45, 2.75) is 50.6 Å². The number of carbonyl (C=O) groups excluding carboxylic acids is 1. The number of amides is 2. The number of aromatic amines is 1. The van der Waals surface area contributed by atoms with Crippen molar-refractivity contribution >= 4 is 28.6 Å². The van der Waals surface area contributed by atoms with Gasteiger partial charge in [0.15, 0.2) is 11.6 Å². The van der Waals surface area contributed by atoms with Crippen LogP contribution in [0.1, 0.15) is 38.5 Å². The lowest BCUT2D eigenvalue weighted by molar-refractivity contribution is 0.199. The molecule has 8 nitrogen and oxygen atoms in total. The second kappa shape index (κ2) is 10.9. The van der Waals surface area contributed by atoms with Gasteiger partial charge in [-0.05, 0) is 50.2 Å². The molecule has 4 heterocycles. The number of hydrogen-bond donors (Lipinski definition) is 3. The molecule has 1 aliphatic heterocycles. The monoisotopic (exact) mass is 541 g/mol. The highest BCUT2D eigenvalue weighted by Crippen LogP contribution is 2.44. The van der Waals surface area contributed by atoms with E-state index in [-0.39, 0.29) is 40.9 Å². The summed E-state index contributed by atoms with van der Waals surface area (Å²) in [6.45, 7) is 9.52. The molecule has 10 heteroatoms. The van der Waals surface area contributed by atoms with Crippen LogP contribution in [0.3, 0.4) is 0 Å². The molecule has 3 aromatic heterocycles. The van der Waals surface area contributed by atoms with Gasteiger partial charge in [0.25, 0.3) is 0 Å². The van der Waals surface area contributed by atoms with Crippen molar-refractivity contribution in [2.75, 3.05) is 18.4 Å². The maximum atomic E-state index is 16.2. The van der Waals surface area contributed by atoms with E-state index in [0.717, 1.165) is 51.4 Å². The maximum absolute atomic E-state index is 16.2. The van der Waals surface area contributed by atoms with E-state index in [1.54, 1.807) is 30.5 Å². The van der Waals surface area contributed by atoms with Crippen LogP contribution in [0.15, 0.2) is 48.8 Å². The van der Waals surface area contributed by atoms with Gasteiger partial charge in [-0.2, -0.15) is 0 Å². The standard InChI is InChI=1S/C30H29F2N7O/c1-33-27-24(18-8-3-2-4-9-18)25(32)29(38-26(27)23-17-35-28-22(23)14-19(31)16-34-28)36-20-10-7-11-21(15-20)37-30(40)39-12-5-6-13-39/h2-4,8-9,14,16-17,20-21H,5-7,10-13,15H2,(H,34,35)(H,36,38)(H,37,40)/t20-,21+/m0/s1. The molecule has 3 N–H and O–H groups in total. The molecule has 6 rings (SSSR count). The molecule has 2 fully saturated rings. The molecule has 0 unspecified atom stereocenters. The van der Waals surface area contributed by atoms with Crippen molar-refractivity contribution in [2.24, 2.45) is 0 Å². The number of H-pyrrole nitrogens is 1. The third-order valence-electron chi connectivity index (χ3n) is 7.78. The minimum atomic E-state index is -0.617. The van der Waals surface area contributed by atoms with Crippen LogP contribution in [-0.4, -0.2) is 51.1 Å². The number of carbonyl (C=O) groups is 1. The Morgan fingerprint density at radius 1 is 1.10 bits per heavy atom. The number of anilines is 1. The van der Waals surface area contributed by atoms with Gasteiger partial charge in [-0.3, -0.25) is 0 Å². The number of likely N-dealkylation sites (tertiary alicyclic amines) is 1. The average molecular weight is 542 g/mol. The number of rotatable bonds is 5. The minimum Gasteiger partial charge on any atom is -0.365 e. The van der Waals surface area contributed by atoms with Crippen LogP contribution in [0.4, 0.5) is 25.1 Å². The number of benzene rings is 1. The van der Waals surface area contributed by atoms with Gasteiger partial charge in [0, 0.05) is 47.9 Å². The highest BCUT2D eigenvalue weighted by atomic mass is 19.1. The Bertz CT molecular complexity index is 1590. The number of aromatic nitrogens is 3. The van der Waals surface area contributed by atoms with Crippen LogP contribution in [-0.2, 0) is 0 Å². The highest BCUT2D eigenvalue weighted by Gasteiger charge is 2.29. The average Bonchev–Trinajstić information content (AvgIpc) is 3.65. The van der Waals surface area contributed by atoms with Crippen LogP contribution in [0.5, 0.6) is 0 Å². The summed E-state index contributed by atoms with van der Waals surface area (Å²) in [5.74, 6) is -1.12. The van der Waals surface area contributed by atoms with Gasteiger partial charge in [0.2, 0.25) is 5.69 Å². The summed E-state index contributed by atoms with van der Waals surface area (Å²) in [6, 6.07) is 10.0. The number of nitrogens with zero attached hydrogens (tertiary/aromatic N) is 4. The second-order valence-electron chi connectivity index (χ2n) is 10.4. The summed E-state index contributed by atoms with van der Waals surface area (Å²) in [5, 5.41) is 6.90. The van der Waals surface area contributed by atoms with Crippen molar-refractivity contribution in [3.8, 4) is 22.4 Å². The molecule has 1 saturated heterocycles. The topological polar surface area (TPSA) is 90.3 Å². The second-order valence-corrected chi connectivity index (χ2v) is 10.4. The summed E-state index contributed by atoms with van der Waals surface area (Å²) in [6.07, 6.45) is 7.94. The molecule has 0 bridgehead atoms. The van der Waals surface area contributed by atoms with Crippen LogP contribution in [0.2, 0.25) is 0 Å². The molecule has 1 aromatic carbocycles. The van der Waals surface area contributed by atoms with Crippen molar-refractivity contribution in [3.05, 3.63) is 71.8 Å². The Balaban J connectivity index is 1.38. The van der Waals surface area contributed by atoms with Crippen molar-refractivity contribution in [1.82, 2.24) is 25.2 Å². The van der Waals surface area contributed by atoms with E-state index < -0.39 is 11.6 Å². The molecule has 2 atom stereocenters. The zero-order valence-corrected chi connectivity index (χ0v) is 21.9. The first-order valence-electron chi connectivity index (χ1n) is 13.6. The third-order valence-corrected chi connectivity index (χ3v) is 7.78. The largest absolute Gasteiger partial charge is 0.365 e. The number of urea groups is 1. The zero-order chi connectivity index (χ0) is 27.6. The van der Waals surface area contributed by atoms with Crippen molar-refractivity contribution in [1.29, 1.82) is 0 Å². The van der Waals surface area contributed by atoms with Crippen LogP contribution in [0, 0.1) is 18.2 Å². The molecule has 204 valence electrons. The minimum absolute atomic E-state index is 0.0245. The lowest BCUT2D eigenvalue weighted by Crippen LogP contribution is -2.47. The smallest absolute Gasteiger partial charge is 0.317 e. The molecule has 2 amide bonds. The van der Waals surface area contributed by atoms with E-state index in [9.17, 15) is 9.18 Å². The predicted octanol–water partition coefficient (Wildman–Crippen LogP) is 6.65. The fourth-order valence-electron chi connectivity index (χ4n) is 5.82. The molecule has 0 radical (unpaired) electrons. The first kappa shape index (κ1) is 25.7. The summed E-state index contributed by atoms with van der Waals surface area (Å²) in [7, 11) is 0. The number of fused-ring (bicyclic) bond motifs is 1. The van der Waals surface area contributed by atoms with E-state index in [1.807, 2.05) is 11.0 Å². The Kier molecular flexibility index (Phi) is 7.03. The molecule has 4 aromatic rings. The Hall–Kier alpha value is -4.52. The van der Waals surface area contributed by atoms with E-state index in [4.69, 9.17) is 6.57 Å². The van der Waals surface area contributed by atoms with E-state index >= 15 is 4.39 Å². The predicted molar refractivity (Wildman–Crippen MR) is 150 cm³/mol. The Morgan fingerprint density at radius 2 is 1.88 bits per heavy atom. The van der Waals surface area contributed by atoms with Crippen molar-refractivity contribution < 1.29 is 13.6 Å². The number of hydrogen-bond acceptors (Lipinski definition) is 4. The number of halogens is 2. The number of pyridine rings is 2. The van der Waals surface area contributed by atoms with Gasteiger partial charge < -0.3 is 20.5 Å². The van der Waals surface area contributed by atoms with Gasteiger partial charge in [-0.15, -0.1) is 0 Å². The van der Waals surface area contributed by atoms with E-state index in [2.05, 4.69) is 30.4 Å². The zero-order valence-electron chi connectivity index (χ0n) is 21.9. The van der Waals surface area contributed by atoms with Crippen LogP contribution in [0.25, 0.3) is 38.3 Å². The van der Waals surface area contributed by atoms with Crippen LogP contribution < -0.4 is 10.6 Å². The lowest BCUT2D eigenvalue weighted by Gasteiger charge is -2.32. The summed E-state index contributed by atoms with van der Waals surface area (Å²) in [5.41, 5.74) is 1.87. The number of nitrogens with one attached hydrogen (secondary N) is 3. The van der Waals surface area contributed by atoms with E-state index in [0.29, 0.717) is 28.6 Å². The SMILES string of the molecule is [C-]#[N+]c1c(-c2c[nH]c3ncc(F)cc23)nc(N[C@H]2CCC[C@@H](NC(=O)N3CCCC3)C2)c(F)c1-c1ccccc1. The quantitative estimate of drug-likeness (QED) is 0.247. The highest BCUT2D eigenvalue weighted by molar-refractivity contribution is 6.00. The Morgan fingerprint density at radius 3 is 2.65 bits per heavy atom. The molecule has 1 aliphatic carbocycles. The summed E-state index contributed by atoms with van der Waals surface area (Å²) >= 11 is 0. The molecule has 40 heavy (non-hydrogen) atoms. The fraction of sp³-hybridized carbons (Fsp3) is 0.333. The molecular formula is C30H29F2N7O. The van der Waals surface area contributed by atoms with Gasteiger partial charge in [-0.25, -0.2) is 28.4 Å².